The maximum absolute atomic E-state index is 13.1. The minimum atomic E-state index is -0.664. The van der Waals surface area contributed by atoms with Crippen molar-refractivity contribution in [2.24, 2.45) is 29.6 Å². The molecule has 6 nitrogen and oxygen atoms in total. The highest BCUT2D eigenvalue weighted by Crippen LogP contribution is 2.53. The SMILES string of the molecule is CC(C)C[C@H](C(=O)N1CCOCC1)N1C(=O)[C@@H]2[C@@H](C1=O)[C@H]1C=C[C@H]2C1. The maximum Gasteiger partial charge on any atom is 0.246 e. The van der Waals surface area contributed by atoms with Crippen LogP contribution < -0.4 is 0 Å². The van der Waals surface area contributed by atoms with Gasteiger partial charge in [0, 0.05) is 13.1 Å². The Hall–Kier alpha value is -1.69. The first-order chi connectivity index (χ1) is 12.0. The van der Waals surface area contributed by atoms with Gasteiger partial charge in [0.25, 0.3) is 0 Å². The number of ether oxygens (including phenoxy) is 1. The van der Waals surface area contributed by atoms with Gasteiger partial charge in [-0.05, 0) is 30.6 Å². The molecule has 2 saturated heterocycles. The van der Waals surface area contributed by atoms with Crippen molar-refractivity contribution in [2.75, 3.05) is 26.3 Å². The second-order valence-electron chi connectivity index (χ2n) is 8.13. The van der Waals surface area contributed by atoms with E-state index in [1.165, 1.54) is 4.90 Å². The Morgan fingerprint density at radius 2 is 1.68 bits per heavy atom. The monoisotopic (exact) mass is 346 g/mol. The van der Waals surface area contributed by atoms with Crippen LogP contribution in [-0.2, 0) is 19.1 Å². The number of morpholine rings is 1. The number of rotatable bonds is 4. The van der Waals surface area contributed by atoms with Gasteiger partial charge >= 0.3 is 0 Å². The molecule has 0 aromatic rings. The molecule has 2 aliphatic heterocycles. The topological polar surface area (TPSA) is 66.9 Å². The summed E-state index contributed by atoms with van der Waals surface area (Å²) in [5.41, 5.74) is 0. The van der Waals surface area contributed by atoms with Crippen LogP contribution in [0.4, 0.5) is 0 Å². The fraction of sp³-hybridized carbons (Fsp3) is 0.737. The van der Waals surface area contributed by atoms with Crippen molar-refractivity contribution >= 4 is 17.7 Å². The highest BCUT2D eigenvalue weighted by Gasteiger charge is 2.61. The van der Waals surface area contributed by atoms with Crippen LogP contribution in [0.3, 0.4) is 0 Å². The van der Waals surface area contributed by atoms with Gasteiger partial charge in [0.1, 0.15) is 6.04 Å². The largest absolute Gasteiger partial charge is 0.378 e. The van der Waals surface area contributed by atoms with E-state index in [0.717, 1.165) is 6.42 Å². The molecule has 0 aromatic heterocycles. The second-order valence-corrected chi connectivity index (χ2v) is 8.13. The predicted octanol–water partition coefficient (Wildman–Crippen LogP) is 1.07. The van der Waals surface area contributed by atoms with Crippen LogP contribution in [0.25, 0.3) is 0 Å². The van der Waals surface area contributed by atoms with Gasteiger partial charge in [0.05, 0.1) is 25.0 Å². The molecule has 136 valence electrons. The van der Waals surface area contributed by atoms with Gasteiger partial charge in [-0.1, -0.05) is 26.0 Å². The number of imide groups is 1. The van der Waals surface area contributed by atoms with E-state index in [0.29, 0.717) is 32.7 Å². The third-order valence-electron chi connectivity index (χ3n) is 6.12. The molecule has 0 aromatic carbocycles. The second kappa shape index (κ2) is 6.24. The van der Waals surface area contributed by atoms with Crippen molar-refractivity contribution in [1.29, 1.82) is 0 Å². The van der Waals surface area contributed by atoms with Crippen molar-refractivity contribution in [3.8, 4) is 0 Å². The van der Waals surface area contributed by atoms with E-state index in [1.807, 2.05) is 13.8 Å². The maximum atomic E-state index is 13.1. The normalized spacial score (nSPS) is 35.0. The zero-order valence-corrected chi connectivity index (χ0v) is 14.9. The summed E-state index contributed by atoms with van der Waals surface area (Å²) < 4.78 is 5.33. The van der Waals surface area contributed by atoms with Crippen molar-refractivity contribution in [3.05, 3.63) is 12.2 Å². The van der Waals surface area contributed by atoms with Crippen LogP contribution in [0.1, 0.15) is 26.7 Å². The highest BCUT2D eigenvalue weighted by molar-refractivity contribution is 6.09. The Balaban J connectivity index is 1.60. The Bertz CT molecular complexity index is 593. The molecule has 2 heterocycles. The van der Waals surface area contributed by atoms with Crippen LogP contribution in [-0.4, -0.2) is 59.9 Å². The van der Waals surface area contributed by atoms with Crippen LogP contribution in [0.5, 0.6) is 0 Å². The minimum absolute atomic E-state index is 0.0982. The number of fused-ring (bicyclic) bond motifs is 5. The molecule has 6 heteroatoms. The van der Waals surface area contributed by atoms with Gasteiger partial charge in [-0.2, -0.15) is 0 Å². The Kier molecular flexibility index (Phi) is 4.18. The molecular weight excluding hydrogens is 320 g/mol. The number of nitrogens with zero attached hydrogens (tertiary/aromatic N) is 2. The summed E-state index contributed by atoms with van der Waals surface area (Å²) in [5, 5.41) is 0. The smallest absolute Gasteiger partial charge is 0.246 e. The number of likely N-dealkylation sites (tertiary alicyclic amines) is 1. The predicted molar refractivity (Wildman–Crippen MR) is 90.2 cm³/mol. The van der Waals surface area contributed by atoms with Crippen molar-refractivity contribution in [3.63, 3.8) is 0 Å². The van der Waals surface area contributed by atoms with Crippen LogP contribution >= 0.6 is 0 Å². The summed E-state index contributed by atoms with van der Waals surface area (Å²) in [6.45, 7) is 6.14. The van der Waals surface area contributed by atoms with Gasteiger partial charge in [-0.3, -0.25) is 19.3 Å². The average molecular weight is 346 g/mol. The summed E-state index contributed by atoms with van der Waals surface area (Å²) in [5.74, 6) is -0.253. The molecule has 3 fully saturated rings. The van der Waals surface area contributed by atoms with E-state index in [2.05, 4.69) is 12.2 Å². The molecule has 0 radical (unpaired) electrons. The lowest BCUT2D eigenvalue weighted by Crippen LogP contribution is -2.54. The summed E-state index contributed by atoms with van der Waals surface area (Å²) in [6.07, 6.45) is 5.60. The number of hydrogen-bond donors (Lipinski definition) is 0. The fourth-order valence-electron chi connectivity index (χ4n) is 4.99. The molecule has 4 rings (SSSR count). The van der Waals surface area contributed by atoms with Gasteiger partial charge < -0.3 is 9.64 Å². The number of allylic oxidation sites excluding steroid dienone is 2. The zero-order chi connectivity index (χ0) is 17.7. The molecule has 0 unspecified atom stereocenters. The molecular formula is C19H26N2O4. The van der Waals surface area contributed by atoms with Crippen molar-refractivity contribution in [1.82, 2.24) is 9.80 Å². The molecule has 0 spiro atoms. The van der Waals surface area contributed by atoms with Crippen LogP contribution in [0, 0.1) is 29.6 Å². The summed E-state index contributed by atoms with van der Waals surface area (Å²) >= 11 is 0. The lowest BCUT2D eigenvalue weighted by atomic mass is 9.85. The molecule has 0 N–H and O–H groups in total. The third kappa shape index (κ3) is 2.62. The molecule has 2 aliphatic carbocycles. The average Bonchev–Trinajstić information content (AvgIpc) is 3.27. The first-order valence-electron chi connectivity index (χ1n) is 9.40. The molecule has 3 amide bonds. The van der Waals surface area contributed by atoms with Gasteiger partial charge in [-0.25, -0.2) is 0 Å². The van der Waals surface area contributed by atoms with E-state index in [4.69, 9.17) is 4.74 Å². The van der Waals surface area contributed by atoms with E-state index in [9.17, 15) is 14.4 Å². The Morgan fingerprint density at radius 1 is 1.12 bits per heavy atom. The lowest BCUT2D eigenvalue weighted by molar-refractivity contribution is -0.154. The van der Waals surface area contributed by atoms with E-state index in [1.54, 1.807) is 4.90 Å². The zero-order valence-electron chi connectivity index (χ0n) is 14.9. The van der Waals surface area contributed by atoms with Crippen molar-refractivity contribution < 1.29 is 19.1 Å². The Morgan fingerprint density at radius 3 is 2.20 bits per heavy atom. The minimum Gasteiger partial charge on any atom is -0.378 e. The molecule has 5 atom stereocenters. The number of hydrogen-bond acceptors (Lipinski definition) is 4. The molecule has 2 bridgehead atoms. The summed E-state index contributed by atoms with van der Waals surface area (Å²) in [6, 6.07) is -0.664. The van der Waals surface area contributed by atoms with Crippen molar-refractivity contribution in [2.45, 2.75) is 32.7 Å². The summed E-state index contributed by atoms with van der Waals surface area (Å²) in [4.78, 5) is 42.3. The molecule has 25 heavy (non-hydrogen) atoms. The van der Waals surface area contributed by atoms with E-state index < -0.39 is 6.04 Å². The van der Waals surface area contributed by atoms with Gasteiger partial charge in [0.15, 0.2) is 0 Å². The first kappa shape index (κ1) is 16.8. The van der Waals surface area contributed by atoms with E-state index >= 15 is 0 Å². The van der Waals surface area contributed by atoms with Crippen LogP contribution in [0.2, 0.25) is 0 Å². The molecule has 4 aliphatic rings. The quantitative estimate of drug-likeness (QED) is 0.564. The standard InChI is InChI=1S/C19H26N2O4/c1-11(2)9-14(17(22)20-5-7-25-8-6-20)21-18(23)15-12-3-4-13(10-12)16(15)19(21)24/h3-4,11-16H,5-10H2,1-2H3/t12-,13-,14+,15-,16-/m0/s1. The van der Waals surface area contributed by atoms with Crippen LogP contribution in [0.15, 0.2) is 12.2 Å². The first-order valence-corrected chi connectivity index (χ1v) is 9.40. The highest BCUT2D eigenvalue weighted by atomic mass is 16.5. The molecule has 1 saturated carbocycles. The van der Waals surface area contributed by atoms with E-state index in [-0.39, 0.29) is 47.3 Å². The fourth-order valence-corrected chi connectivity index (χ4v) is 4.99. The van der Waals surface area contributed by atoms with Gasteiger partial charge in [-0.15, -0.1) is 0 Å². The number of carbonyl (C=O) groups is 3. The van der Waals surface area contributed by atoms with Gasteiger partial charge in [0.2, 0.25) is 17.7 Å². The number of carbonyl (C=O) groups excluding carboxylic acids is 3. The third-order valence-corrected chi connectivity index (χ3v) is 6.12. The summed E-state index contributed by atoms with van der Waals surface area (Å²) in [7, 11) is 0. The number of amides is 3. The lowest BCUT2D eigenvalue weighted by Gasteiger charge is -2.34. The Labute approximate surface area is 148 Å².